The highest BCUT2D eigenvalue weighted by atomic mass is 35.5. The maximum absolute atomic E-state index is 13.2. The van der Waals surface area contributed by atoms with E-state index in [1.54, 1.807) is 13.1 Å². The van der Waals surface area contributed by atoms with E-state index in [9.17, 15) is 18.0 Å². The number of carbonyl (C=O) groups excluding carboxylic acids is 1. The Labute approximate surface area is 208 Å². The van der Waals surface area contributed by atoms with Crippen LogP contribution >= 0.6 is 11.6 Å². The summed E-state index contributed by atoms with van der Waals surface area (Å²) in [6.45, 7) is 3.75. The van der Waals surface area contributed by atoms with Crippen molar-refractivity contribution in [1.82, 2.24) is 19.3 Å². The van der Waals surface area contributed by atoms with Crippen LogP contribution < -0.4 is 20.9 Å². The van der Waals surface area contributed by atoms with Crippen molar-refractivity contribution in [1.29, 1.82) is 0 Å². The van der Waals surface area contributed by atoms with Crippen LogP contribution in [0.15, 0.2) is 29.1 Å². The van der Waals surface area contributed by atoms with E-state index in [0.29, 0.717) is 22.9 Å². The highest BCUT2D eigenvalue weighted by Gasteiger charge is 2.23. The molecule has 1 amide bonds. The monoisotopic (exact) mass is 518 g/mol. The number of sulfonamides is 1. The van der Waals surface area contributed by atoms with Gasteiger partial charge in [0.15, 0.2) is 5.69 Å². The van der Waals surface area contributed by atoms with E-state index in [4.69, 9.17) is 16.6 Å². The van der Waals surface area contributed by atoms with Crippen molar-refractivity contribution >= 4 is 50.1 Å². The third-order valence-corrected chi connectivity index (χ3v) is 6.75. The summed E-state index contributed by atoms with van der Waals surface area (Å²) in [7, 11) is -2.10. The van der Waals surface area contributed by atoms with E-state index in [2.05, 4.69) is 15.6 Å². The smallest absolute Gasteiger partial charge is 0.285 e. The number of amides is 1. The van der Waals surface area contributed by atoms with Crippen LogP contribution in [0, 0.1) is 6.92 Å². The molecule has 0 unspecified atom stereocenters. The average molecular weight is 519 g/mol. The number of aryl methyl sites for hydroxylation is 1. The van der Waals surface area contributed by atoms with Gasteiger partial charge in [-0.2, -0.15) is 0 Å². The molecule has 10 nitrogen and oxygen atoms in total. The minimum absolute atomic E-state index is 0.0414. The van der Waals surface area contributed by atoms with Crippen molar-refractivity contribution in [3.63, 3.8) is 0 Å². The van der Waals surface area contributed by atoms with Crippen LogP contribution in [0.2, 0.25) is 5.15 Å². The first-order valence-electron chi connectivity index (χ1n) is 11.2. The number of nitrogens with one attached hydrogen (secondary N) is 3. The number of hydrogen-bond donors (Lipinski definition) is 3. The van der Waals surface area contributed by atoms with Gasteiger partial charge >= 0.3 is 0 Å². The van der Waals surface area contributed by atoms with E-state index in [1.165, 1.54) is 10.6 Å². The van der Waals surface area contributed by atoms with Gasteiger partial charge < -0.3 is 10.6 Å². The Balaban J connectivity index is 1.76. The van der Waals surface area contributed by atoms with Crippen LogP contribution in [0.1, 0.15) is 53.8 Å². The summed E-state index contributed by atoms with van der Waals surface area (Å²) < 4.78 is 26.6. The van der Waals surface area contributed by atoms with Crippen molar-refractivity contribution in [3.8, 4) is 0 Å². The average Bonchev–Trinajstić information content (AvgIpc) is 2.73. The maximum Gasteiger partial charge on any atom is 0.285 e. The molecule has 12 heteroatoms. The Bertz CT molecular complexity index is 1480. The van der Waals surface area contributed by atoms with Gasteiger partial charge in [0.25, 0.3) is 11.5 Å². The van der Waals surface area contributed by atoms with Gasteiger partial charge in [0, 0.05) is 18.7 Å². The molecule has 0 spiro atoms. The summed E-state index contributed by atoms with van der Waals surface area (Å²) in [4.78, 5) is 34.5. The lowest BCUT2D eigenvalue weighted by atomic mass is 9.93. The molecular formula is C23H27ClN6O4S. The molecular weight excluding hydrogens is 492 g/mol. The summed E-state index contributed by atoms with van der Waals surface area (Å²) in [5, 5.41) is 7.10. The molecule has 3 N–H and O–H groups in total. The van der Waals surface area contributed by atoms with Crippen molar-refractivity contribution in [2.45, 2.75) is 45.2 Å². The number of aromatic nitrogens is 3. The molecule has 1 fully saturated rings. The molecule has 0 radical (unpaired) electrons. The lowest BCUT2D eigenvalue weighted by Crippen LogP contribution is -2.32. The van der Waals surface area contributed by atoms with Crippen LogP contribution in [-0.4, -0.2) is 41.2 Å². The van der Waals surface area contributed by atoms with E-state index >= 15 is 0 Å². The number of hydrogen-bond acceptors (Lipinski definition) is 8. The fraction of sp³-hybridized carbons (Fsp3) is 0.391. The lowest BCUT2D eigenvalue weighted by Gasteiger charge is -2.28. The predicted octanol–water partition coefficient (Wildman–Crippen LogP) is 3.12. The van der Waals surface area contributed by atoms with Crippen LogP contribution in [-0.2, 0) is 17.1 Å². The largest absolute Gasteiger partial charge is 0.377 e. The highest BCUT2D eigenvalue weighted by Crippen LogP contribution is 2.29. The molecule has 0 saturated heterocycles. The Morgan fingerprint density at radius 3 is 2.57 bits per heavy atom. The second-order valence-corrected chi connectivity index (χ2v) is 11.1. The highest BCUT2D eigenvalue weighted by molar-refractivity contribution is 7.89. The van der Waals surface area contributed by atoms with E-state index in [1.807, 2.05) is 30.7 Å². The third kappa shape index (κ3) is 5.40. The van der Waals surface area contributed by atoms with Crippen LogP contribution in [0.3, 0.4) is 0 Å². The van der Waals surface area contributed by atoms with Gasteiger partial charge in [0.2, 0.25) is 16.0 Å². The first-order chi connectivity index (χ1) is 16.4. The summed E-state index contributed by atoms with van der Waals surface area (Å²) in [5.74, 6) is -0.399. The first kappa shape index (κ1) is 24.9. The number of halogens is 1. The summed E-state index contributed by atoms with van der Waals surface area (Å²) in [6.07, 6.45) is 4.10. The molecule has 2 heterocycles. The first-order valence-corrected chi connectivity index (χ1v) is 13.4. The molecule has 1 aliphatic carbocycles. The summed E-state index contributed by atoms with van der Waals surface area (Å²) >= 11 is 5.97. The number of nitrogens with zero attached hydrogens (tertiary/aromatic N) is 3. The van der Waals surface area contributed by atoms with Crippen LogP contribution in [0.5, 0.6) is 0 Å². The Morgan fingerprint density at radius 2 is 1.94 bits per heavy atom. The number of pyridine rings is 1. The normalized spacial score (nSPS) is 14.9. The molecule has 1 aromatic carbocycles. The number of rotatable bonds is 7. The number of fused-ring (bicyclic) bond motifs is 1. The topological polar surface area (TPSA) is 135 Å². The minimum Gasteiger partial charge on any atom is -0.377 e. The Kier molecular flexibility index (Phi) is 6.74. The molecule has 0 aliphatic heterocycles. The molecule has 186 valence electrons. The van der Waals surface area contributed by atoms with Gasteiger partial charge in [-0.15, -0.1) is 0 Å². The molecule has 1 saturated carbocycles. The third-order valence-electron chi connectivity index (χ3n) is 5.99. The lowest BCUT2D eigenvalue weighted by molar-refractivity contribution is 0.0977. The minimum atomic E-state index is -3.80. The predicted molar refractivity (Wildman–Crippen MR) is 137 cm³/mol. The molecule has 2 aromatic heterocycles. The number of anilines is 2. The number of carbonyl (C=O) groups is 1. The van der Waals surface area contributed by atoms with Gasteiger partial charge in [-0.3, -0.25) is 14.2 Å². The summed E-state index contributed by atoms with van der Waals surface area (Å²) in [6, 6.07) is 6.67. The molecule has 0 bridgehead atoms. The van der Waals surface area contributed by atoms with Crippen molar-refractivity contribution in [3.05, 3.63) is 56.6 Å². The fourth-order valence-electron chi connectivity index (χ4n) is 4.00. The molecule has 1 atom stereocenters. The zero-order chi connectivity index (χ0) is 25.5. The Morgan fingerprint density at radius 1 is 1.23 bits per heavy atom. The van der Waals surface area contributed by atoms with Crippen molar-refractivity contribution < 1.29 is 13.2 Å². The van der Waals surface area contributed by atoms with Crippen LogP contribution in [0.4, 0.5) is 11.6 Å². The van der Waals surface area contributed by atoms with Crippen molar-refractivity contribution in [2.75, 3.05) is 16.9 Å². The fourth-order valence-corrected chi connectivity index (χ4v) is 4.58. The maximum atomic E-state index is 13.2. The van der Waals surface area contributed by atoms with Gasteiger partial charge in [-0.05, 0) is 56.9 Å². The quantitative estimate of drug-likeness (QED) is 0.406. The SMILES string of the molecule is Cc1cc([C@@H](C)Nc2ccc(Cl)nc2C(=O)NS(C)(=O)=O)c2nc(NC3CCC3)n(C)c(=O)c2c1. The molecule has 3 aromatic rings. The van der Waals surface area contributed by atoms with E-state index < -0.39 is 22.0 Å². The standard InChI is InChI=1S/C23H27ClN6O4S/c1-12-10-15(19-16(11-12)22(32)30(3)23(28-19)26-14-6-5-7-14)13(2)25-17-8-9-18(24)27-20(17)21(31)29-35(4,33)34/h8-11,13-14,25H,5-7H2,1-4H3,(H,26,28)(H,29,31)/t13-/m1/s1. The van der Waals surface area contributed by atoms with Gasteiger partial charge in [-0.25, -0.2) is 23.1 Å². The van der Waals surface area contributed by atoms with Crippen LogP contribution in [0.25, 0.3) is 10.9 Å². The Hall–Kier alpha value is -3.18. The number of benzene rings is 1. The van der Waals surface area contributed by atoms with Gasteiger partial charge in [0.05, 0.1) is 28.9 Å². The van der Waals surface area contributed by atoms with E-state index in [0.717, 1.165) is 36.6 Å². The van der Waals surface area contributed by atoms with Crippen molar-refractivity contribution in [2.24, 2.45) is 7.05 Å². The second-order valence-electron chi connectivity index (χ2n) is 8.92. The zero-order valence-corrected chi connectivity index (χ0v) is 21.4. The summed E-state index contributed by atoms with van der Waals surface area (Å²) in [5.41, 5.74) is 2.14. The zero-order valence-electron chi connectivity index (χ0n) is 19.8. The molecule has 35 heavy (non-hydrogen) atoms. The van der Waals surface area contributed by atoms with Gasteiger partial charge in [0.1, 0.15) is 5.15 Å². The second kappa shape index (κ2) is 9.46. The molecule has 4 rings (SSSR count). The molecule has 1 aliphatic rings. The van der Waals surface area contributed by atoms with E-state index in [-0.39, 0.29) is 22.1 Å². The van der Waals surface area contributed by atoms with Gasteiger partial charge in [-0.1, -0.05) is 17.7 Å².